The molecule has 0 bridgehead atoms. The van der Waals surface area contributed by atoms with E-state index in [4.69, 9.17) is 4.74 Å². The minimum absolute atomic E-state index is 0.476. The second kappa shape index (κ2) is 7.21. The fourth-order valence-electron chi connectivity index (χ4n) is 1.34. The highest BCUT2D eigenvalue weighted by atomic mass is 16.5. The van der Waals surface area contributed by atoms with Crippen molar-refractivity contribution in [1.29, 1.82) is 0 Å². The number of ether oxygens (including phenoxy) is 1. The monoisotopic (exact) mass is 202 g/mol. The highest BCUT2D eigenvalue weighted by molar-refractivity contribution is 4.72. The highest BCUT2D eigenvalue weighted by Gasteiger charge is 2.15. The van der Waals surface area contributed by atoms with Crippen LogP contribution in [0.1, 0.15) is 27.7 Å². The number of nitrogens with zero attached hydrogens (tertiary/aromatic N) is 1. The fourth-order valence-corrected chi connectivity index (χ4v) is 1.34. The van der Waals surface area contributed by atoms with E-state index in [-0.39, 0.29) is 0 Å². The van der Waals surface area contributed by atoms with Gasteiger partial charge >= 0.3 is 0 Å². The molecule has 2 atom stereocenters. The van der Waals surface area contributed by atoms with E-state index >= 15 is 0 Å². The summed E-state index contributed by atoms with van der Waals surface area (Å²) in [5.74, 6) is 0. The van der Waals surface area contributed by atoms with Crippen molar-refractivity contribution in [2.45, 2.75) is 45.8 Å². The van der Waals surface area contributed by atoms with Crippen molar-refractivity contribution in [2.75, 3.05) is 27.3 Å². The lowest BCUT2D eigenvalue weighted by atomic mass is 10.2. The quantitative estimate of drug-likeness (QED) is 0.674. The maximum absolute atomic E-state index is 5.14. The maximum atomic E-state index is 5.14. The third kappa shape index (κ3) is 5.58. The average molecular weight is 202 g/mol. The Morgan fingerprint density at radius 3 is 2.14 bits per heavy atom. The Bertz CT molecular complexity index is 139. The number of methoxy groups -OCH3 is 1. The summed E-state index contributed by atoms with van der Waals surface area (Å²) >= 11 is 0. The molecule has 3 nitrogen and oxygen atoms in total. The van der Waals surface area contributed by atoms with Gasteiger partial charge in [-0.2, -0.15) is 0 Å². The standard InChI is InChI=1S/C11H26N2O/c1-9(2)12-7-10(3)13(5)11(4)8-14-6/h9-12H,7-8H2,1-6H3. The normalized spacial score (nSPS) is 16.3. The van der Waals surface area contributed by atoms with E-state index in [9.17, 15) is 0 Å². The van der Waals surface area contributed by atoms with E-state index < -0.39 is 0 Å². The van der Waals surface area contributed by atoms with Crippen LogP contribution in [0.2, 0.25) is 0 Å². The Kier molecular flexibility index (Phi) is 7.15. The molecule has 0 amide bonds. The Morgan fingerprint density at radius 1 is 1.14 bits per heavy atom. The predicted octanol–water partition coefficient (Wildman–Crippen LogP) is 1.34. The minimum atomic E-state index is 0.476. The maximum Gasteiger partial charge on any atom is 0.0615 e. The Balaban J connectivity index is 3.79. The molecule has 0 aromatic carbocycles. The molecule has 0 heterocycles. The summed E-state index contributed by atoms with van der Waals surface area (Å²) in [6, 6.07) is 1.58. The van der Waals surface area contributed by atoms with Crippen molar-refractivity contribution in [1.82, 2.24) is 10.2 Å². The zero-order chi connectivity index (χ0) is 11.1. The molecule has 0 rings (SSSR count). The molecule has 0 aliphatic heterocycles. The van der Waals surface area contributed by atoms with Gasteiger partial charge < -0.3 is 10.1 Å². The summed E-state index contributed by atoms with van der Waals surface area (Å²) < 4.78 is 5.14. The molecule has 1 N–H and O–H groups in total. The lowest BCUT2D eigenvalue weighted by Crippen LogP contribution is -2.45. The van der Waals surface area contributed by atoms with Gasteiger partial charge in [0.05, 0.1) is 6.61 Å². The minimum Gasteiger partial charge on any atom is -0.383 e. The molecule has 0 aromatic heterocycles. The Labute approximate surface area is 88.8 Å². The highest BCUT2D eigenvalue weighted by Crippen LogP contribution is 2.02. The number of nitrogens with one attached hydrogen (secondary N) is 1. The molecular formula is C11H26N2O. The molecule has 0 fully saturated rings. The molecule has 0 aliphatic carbocycles. The van der Waals surface area contributed by atoms with Crippen molar-refractivity contribution in [3.8, 4) is 0 Å². The van der Waals surface area contributed by atoms with Gasteiger partial charge in [0.1, 0.15) is 0 Å². The summed E-state index contributed by atoms with van der Waals surface area (Å²) in [5.41, 5.74) is 0. The Morgan fingerprint density at radius 2 is 1.71 bits per heavy atom. The van der Waals surface area contributed by atoms with E-state index in [2.05, 4.69) is 45.0 Å². The van der Waals surface area contributed by atoms with Crippen LogP contribution in [0, 0.1) is 0 Å². The van der Waals surface area contributed by atoms with Crippen molar-refractivity contribution in [3.05, 3.63) is 0 Å². The number of likely N-dealkylation sites (N-methyl/N-ethyl adjacent to an activating group) is 1. The number of hydrogen-bond acceptors (Lipinski definition) is 3. The van der Waals surface area contributed by atoms with Crippen LogP contribution in [0.25, 0.3) is 0 Å². The van der Waals surface area contributed by atoms with Crippen molar-refractivity contribution >= 4 is 0 Å². The molecule has 0 saturated heterocycles. The average Bonchev–Trinajstić information content (AvgIpc) is 2.13. The third-order valence-electron chi connectivity index (χ3n) is 2.62. The Hall–Kier alpha value is -0.120. The first kappa shape index (κ1) is 13.9. The molecule has 3 heteroatoms. The van der Waals surface area contributed by atoms with Gasteiger partial charge in [-0.05, 0) is 20.9 Å². The molecule has 0 aromatic rings. The zero-order valence-corrected chi connectivity index (χ0v) is 10.5. The van der Waals surface area contributed by atoms with Gasteiger partial charge in [0, 0.05) is 31.8 Å². The van der Waals surface area contributed by atoms with Gasteiger partial charge in [-0.15, -0.1) is 0 Å². The first-order valence-electron chi connectivity index (χ1n) is 5.43. The van der Waals surface area contributed by atoms with Crippen LogP contribution in [0.15, 0.2) is 0 Å². The molecule has 86 valence electrons. The van der Waals surface area contributed by atoms with Gasteiger partial charge in [-0.1, -0.05) is 13.8 Å². The van der Waals surface area contributed by atoms with Crippen molar-refractivity contribution in [2.24, 2.45) is 0 Å². The van der Waals surface area contributed by atoms with Gasteiger partial charge in [-0.25, -0.2) is 0 Å². The largest absolute Gasteiger partial charge is 0.383 e. The van der Waals surface area contributed by atoms with E-state index in [1.165, 1.54) is 0 Å². The van der Waals surface area contributed by atoms with Crippen LogP contribution < -0.4 is 5.32 Å². The molecule has 2 unspecified atom stereocenters. The molecular weight excluding hydrogens is 176 g/mol. The summed E-state index contributed by atoms with van der Waals surface area (Å²) in [4.78, 5) is 2.35. The van der Waals surface area contributed by atoms with Crippen LogP contribution in [0.5, 0.6) is 0 Å². The van der Waals surface area contributed by atoms with Gasteiger partial charge in [0.15, 0.2) is 0 Å². The fraction of sp³-hybridized carbons (Fsp3) is 1.00. The molecule has 0 spiro atoms. The molecule has 0 radical (unpaired) electrons. The van der Waals surface area contributed by atoms with Crippen LogP contribution in [0.4, 0.5) is 0 Å². The summed E-state index contributed by atoms with van der Waals surface area (Å²) in [6.45, 7) is 10.6. The molecule has 14 heavy (non-hydrogen) atoms. The van der Waals surface area contributed by atoms with E-state index in [1.54, 1.807) is 7.11 Å². The summed E-state index contributed by atoms with van der Waals surface area (Å²) in [6.07, 6.45) is 0. The summed E-state index contributed by atoms with van der Waals surface area (Å²) in [7, 11) is 3.90. The van der Waals surface area contributed by atoms with Gasteiger partial charge in [0.25, 0.3) is 0 Å². The van der Waals surface area contributed by atoms with Crippen molar-refractivity contribution < 1.29 is 4.74 Å². The van der Waals surface area contributed by atoms with Gasteiger partial charge in [-0.3, -0.25) is 4.90 Å². The van der Waals surface area contributed by atoms with Crippen LogP contribution in [0.3, 0.4) is 0 Å². The SMILES string of the molecule is COCC(C)N(C)C(C)CNC(C)C. The lowest BCUT2D eigenvalue weighted by Gasteiger charge is -2.31. The lowest BCUT2D eigenvalue weighted by molar-refractivity contribution is 0.0930. The van der Waals surface area contributed by atoms with E-state index in [0.29, 0.717) is 18.1 Å². The van der Waals surface area contributed by atoms with Crippen LogP contribution in [-0.2, 0) is 4.74 Å². The van der Waals surface area contributed by atoms with Gasteiger partial charge in [0.2, 0.25) is 0 Å². The second-order valence-electron chi connectivity index (χ2n) is 4.38. The van der Waals surface area contributed by atoms with Crippen LogP contribution >= 0.6 is 0 Å². The summed E-state index contributed by atoms with van der Waals surface area (Å²) in [5, 5.41) is 3.44. The molecule has 0 saturated carbocycles. The first-order valence-corrected chi connectivity index (χ1v) is 5.43. The molecule has 0 aliphatic rings. The van der Waals surface area contributed by atoms with Crippen LogP contribution in [-0.4, -0.2) is 50.3 Å². The van der Waals surface area contributed by atoms with Crippen molar-refractivity contribution in [3.63, 3.8) is 0 Å². The van der Waals surface area contributed by atoms with E-state index in [0.717, 1.165) is 13.2 Å². The second-order valence-corrected chi connectivity index (χ2v) is 4.38. The van der Waals surface area contributed by atoms with E-state index in [1.807, 2.05) is 0 Å². The third-order valence-corrected chi connectivity index (χ3v) is 2.62. The first-order chi connectivity index (χ1) is 6.49. The number of hydrogen-bond donors (Lipinski definition) is 1. The number of rotatable bonds is 7. The smallest absolute Gasteiger partial charge is 0.0615 e. The topological polar surface area (TPSA) is 24.5 Å². The predicted molar refractivity (Wildman–Crippen MR) is 61.7 cm³/mol. The zero-order valence-electron chi connectivity index (χ0n) is 10.5.